The Morgan fingerprint density at radius 3 is 2.43 bits per heavy atom. The molecule has 5 rings (SSSR count). The number of carbonyl (C=O) groups is 2. The van der Waals surface area contributed by atoms with Gasteiger partial charge in [0.05, 0.1) is 21.8 Å². The second-order valence-electron chi connectivity index (χ2n) is 8.31. The van der Waals surface area contributed by atoms with Gasteiger partial charge in [-0.2, -0.15) is 0 Å². The third-order valence-corrected chi connectivity index (χ3v) is 6.94. The molecule has 2 aromatic heterocycles. The summed E-state index contributed by atoms with van der Waals surface area (Å²) in [6.45, 7) is 1.66. The number of aryl methyl sites for hydroxylation is 1. The molecular weight excluding hydrogens is 510 g/mol. The number of fused-ring (bicyclic) bond motifs is 1. The van der Waals surface area contributed by atoms with E-state index in [1.165, 1.54) is 4.57 Å². The number of hydrogen-bond acceptors (Lipinski definition) is 5. The standard InChI is InChI=1S/C28H20ClN3O4S/c1-16-31-23(15-37-16)17-7-9-18(10-8-17)27(34)30-14-22-25(28(35)36)32(20-5-3-2-4-6-20)24-13-19(29)11-12-21(24)26(22)33/h2-13,15H,14H2,1H3,(H,30,34)(H,35,36). The van der Waals surface area contributed by atoms with Crippen molar-refractivity contribution in [3.63, 3.8) is 0 Å². The number of hydrogen-bond donors (Lipinski definition) is 2. The van der Waals surface area contributed by atoms with Gasteiger partial charge in [-0.15, -0.1) is 11.3 Å². The molecule has 37 heavy (non-hydrogen) atoms. The van der Waals surface area contributed by atoms with Crippen LogP contribution in [0, 0.1) is 6.92 Å². The number of halogens is 1. The lowest BCUT2D eigenvalue weighted by Crippen LogP contribution is -2.30. The zero-order valence-corrected chi connectivity index (χ0v) is 21.1. The van der Waals surface area contributed by atoms with Crippen LogP contribution in [0.1, 0.15) is 31.4 Å². The molecule has 0 aliphatic heterocycles. The van der Waals surface area contributed by atoms with E-state index >= 15 is 0 Å². The van der Waals surface area contributed by atoms with Crippen molar-refractivity contribution in [3.05, 3.63) is 115 Å². The highest BCUT2D eigenvalue weighted by atomic mass is 35.5. The number of carboxylic acid groups (broad SMARTS) is 1. The van der Waals surface area contributed by atoms with Crippen LogP contribution in [0.15, 0.2) is 83.0 Å². The molecule has 0 fully saturated rings. The van der Waals surface area contributed by atoms with Gasteiger partial charge in [0.15, 0.2) is 5.43 Å². The Morgan fingerprint density at radius 1 is 1.05 bits per heavy atom. The van der Waals surface area contributed by atoms with Gasteiger partial charge in [0.25, 0.3) is 5.91 Å². The van der Waals surface area contributed by atoms with Gasteiger partial charge in [0.1, 0.15) is 5.69 Å². The number of aromatic nitrogens is 2. The summed E-state index contributed by atoms with van der Waals surface area (Å²) in [4.78, 5) is 43.3. The van der Waals surface area contributed by atoms with Crippen LogP contribution in [0.5, 0.6) is 0 Å². The highest BCUT2D eigenvalue weighted by Crippen LogP contribution is 2.25. The summed E-state index contributed by atoms with van der Waals surface area (Å²) >= 11 is 7.75. The number of para-hydroxylation sites is 1. The van der Waals surface area contributed by atoms with Crippen molar-refractivity contribution in [1.82, 2.24) is 14.9 Å². The Hall–Kier alpha value is -4.27. The minimum atomic E-state index is -1.30. The number of carbonyl (C=O) groups excluding carboxylic acids is 1. The molecule has 3 aromatic carbocycles. The van der Waals surface area contributed by atoms with E-state index in [2.05, 4.69) is 10.3 Å². The first-order valence-corrected chi connectivity index (χ1v) is 12.6. The largest absolute Gasteiger partial charge is 0.477 e. The lowest BCUT2D eigenvalue weighted by atomic mass is 10.1. The van der Waals surface area contributed by atoms with Gasteiger partial charge in [-0.3, -0.25) is 9.59 Å². The van der Waals surface area contributed by atoms with Crippen molar-refractivity contribution in [2.75, 3.05) is 0 Å². The molecule has 1 amide bonds. The summed E-state index contributed by atoms with van der Waals surface area (Å²) < 4.78 is 1.48. The first-order chi connectivity index (χ1) is 17.8. The van der Waals surface area contributed by atoms with Gasteiger partial charge in [-0.1, -0.05) is 41.9 Å². The minimum Gasteiger partial charge on any atom is -0.477 e. The van der Waals surface area contributed by atoms with E-state index in [0.717, 1.165) is 16.3 Å². The van der Waals surface area contributed by atoms with Crippen LogP contribution in [0.2, 0.25) is 5.02 Å². The van der Waals surface area contributed by atoms with Gasteiger partial charge < -0.3 is 15.0 Å². The van der Waals surface area contributed by atoms with Crippen LogP contribution in [-0.2, 0) is 6.54 Å². The fourth-order valence-corrected chi connectivity index (χ4v) is 4.99. The van der Waals surface area contributed by atoms with E-state index in [4.69, 9.17) is 11.6 Å². The third kappa shape index (κ3) is 4.76. The number of amides is 1. The Balaban J connectivity index is 1.54. The van der Waals surface area contributed by atoms with E-state index in [1.54, 1.807) is 78.1 Å². The lowest BCUT2D eigenvalue weighted by Gasteiger charge is -2.19. The molecule has 5 aromatic rings. The van der Waals surface area contributed by atoms with Crippen LogP contribution < -0.4 is 10.7 Å². The van der Waals surface area contributed by atoms with Crippen molar-refractivity contribution in [2.45, 2.75) is 13.5 Å². The first kappa shape index (κ1) is 24.4. The van der Waals surface area contributed by atoms with E-state index in [-0.39, 0.29) is 17.8 Å². The SMILES string of the molecule is Cc1nc(-c2ccc(C(=O)NCc3c(C(=O)O)n(-c4ccccc4)c4cc(Cl)ccc4c3=O)cc2)cs1. The smallest absolute Gasteiger partial charge is 0.353 e. The number of carboxylic acids is 1. The zero-order chi connectivity index (χ0) is 26.1. The Labute approximate surface area is 220 Å². The average Bonchev–Trinajstić information content (AvgIpc) is 3.34. The van der Waals surface area contributed by atoms with E-state index in [9.17, 15) is 19.5 Å². The second kappa shape index (κ2) is 10.0. The molecule has 0 aliphatic carbocycles. The van der Waals surface area contributed by atoms with Crippen molar-refractivity contribution < 1.29 is 14.7 Å². The van der Waals surface area contributed by atoms with Gasteiger partial charge in [0.2, 0.25) is 0 Å². The molecule has 184 valence electrons. The number of aromatic carboxylic acids is 1. The predicted molar refractivity (Wildman–Crippen MR) is 145 cm³/mol. The topological polar surface area (TPSA) is 101 Å². The predicted octanol–water partition coefficient (Wildman–Crippen LogP) is 5.70. The molecule has 0 saturated carbocycles. The molecule has 0 bridgehead atoms. The monoisotopic (exact) mass is 529 g/mol. The normalized spacial score (nSPS) is 11.0. The quantitative estimate of drug-likeness (QED) is 0.293. The van der Waals surface area contributed by atoms with Crippen molar-refractivity contribution in [1.29, 1.82) is 0 Å². The summed E-state index contributed by atoms with van der Waals surface area (Å²) in [7, 11) is 0. The molecule has 7 nitrogen and oxygen atoms in total. The summed E-state index contributed by atoms with van der Waals surface area (Å²) in [5.74, 6) is -1.73. The van der Waals surface area contributed by atoms with Gasteiger partial charge in [0, 0.05) is 39.1 Å². The third-order valence-electron chi connectivity index (χ3n) is 5.93. The number of nitrogens with zero attached hydrogens (tertiary/aromatic N) is 2. The maximum absolute atomic E-state index is 13.4. The summed E-state index contributed by atoms with van der Waals surface area (Å²) in [6.07, 6.45) is 0. The van der Waals surface area contributed by atoms with Crippen LogP contribution in [-0.4, -0.2) is 26.5 Å². The summed E-state index contributed by atoms with van der Waals surface area (Å²) in [5.41, 5.74) is 2.26. The molecule has 2 N–H and O–H groups in total. The van der Waals surface area contributed by atoms with Crippen molar-refractivity contribution >= 4 is 45.7 Å². The van der Waals surface area contributed by atoms with Gasteiger partial charge >= 0.3 is 5.97 Å². The molecule has 0 saturated heterocycles. The first-order valence-electron chi connectivity index (χ1n) is 11.3. The molecule has 0 unspecified atom stereocenters. The van der Waals surface area contributed by atoms with Crippen molar-refractivity contribution in [3.8, 4) is 16.9 Å². The molecular formula is C28H20ClN3O4S. The zero-order valence-electron chi connectivity index (χ0n) is 19.6. The second-order valence-corrected chi connectivity index (χ2v) is 9.80. The van der Waals surface area contributed by atoms with Crippen LogP contribution in [0.4, 0.5) is 0 Å². The number of nitrogens with one attached hydrogen (secondary N) is 1. The highest BCUT2D eigenvalue weighted by Gasteiger charge is 2.24. The maximum atomic E-state index is 13.4. The fraction of sp³-hybridized carbons (Fsp3) is 0.0714. The Bertz CT molecular complexity index is 1710. The van der Waals surface area contributed by atoms with E-state index in [1.807, 2.05) is 18.4 Å². The lowest BCUT2D eigenvalue weighted by molar-refractivity contribution is 0.0685. The molecule has 0 radical (unpaired) electrons. The van der Waals surface area contributed by atoms with E-state index in [0.29, 0.717) is 27.2 Å². The number of thiazole rings is 1. The molecule has 9 heteroatoms. The highest BCUT2D eigenvalue weighted by molar-refractivity contribution is 7.09. The number of benzene rings is 3. The maximum Gasteiger partial charge on any atom is 0.353 e. The molecule has 0 spiro atoms. The Morgan fingerprint density at radius 2 is 1.78 bits per heavy atom. The Kier molecular flexibility index (Phi) is 6.60. The van der Waals surface area contributed by atoms with Crippen molar-refractivity contribution in [2.24, 2.45) is 0 Å². The minimum absolute atomic E-state index is 0.0332. The molecule has 0 aliphatic rings. The van der Waals surface area contributed by atoms with Gasteiger partial charge in [-0.25, -0.2) is 9.78 Å². The van der Waals surface area contributed by atoms with E-state index < -0.39 is 17.3 Å². The molecule has 2 heterocycles. The van der Waals surface area contributed by atoms with Crippen LogP contribution >= 0.6 is 22.9 Å². The fourth-order valence-electron chi connectivity index (χ4n) is 4.20. The van der Waals surface area contributed by atoms with Crippen LogP contribution in [0.3, 0.4) is 0 Å². The number of pyridine rings is 1. The summed E-state index contributed by atoms with van der Waals surface area (Å²) in [6, 6.07) is 20.5. The van der Waals surface area contributed by atoms with Gasteiger partial charge in [-0.05, 0) is 49.4 Å². The number of rotatable bonds is 6. The average molecular weight is 530 g/mol. The van der Waals surface area contributed by atoms with Crippen LogP contribution in [0.25, 0.3) is 27.8 Å². The molecule has 0 atom stereocenters. The summed E-state index contributed by atoms with van der Waals surface area (Å²) in [5, 5.41) is 16.4.